The summed E-state index contributed by atoms with van der Waals surface area (Å²) in [4.78, 5) is 11.7. The van der Waals surface area contributed by atoms with Gasteiger partial charge in [-0.2, -0.15) is 0 Å². The summed E-state index contributed by atoms with van der Waals surface area (Å²) in [5, 5.41) is 1.18. The van der Waals surface area contributed by atoms with Crippen molar-refractivity contribution >= 4 is 46.4 Å². The van der Waals surface area contributed by atoms with Crippen molar-refractivity contribution in [2.75, 3.05) is 32.8 Å². The maximum atomic E-state index is 6.26. The number of ether oxygens (including phenoxy) is 1. The van der Waals surface area contributed by atoms with Gasteiger partial charge < -0.3 is 9.30 Å². The topological polar surface area (TPSA) is 42.7 Å². The lowest BCUT2D eigenvalue weighted by Crippen LogP contribution is -2.38. The largest absolute Gasteiger partial charge is 0.379 e. The molecule has 4 rings (SSSR count). The number of hydrogen-bond acceptors (Lipinski definition) is 4. The van der Waals surface area contributed by atoms with Crippen LogP contribution in [0.1, 0.15) is 5.56 Å². The molecule has 0 radical (unpaired) electrons. The van der Waals surface area contributed by atoms with Crippen LogP contribution in [0.3, 0.4) is 0 Å². The Kier molecular flexibility index (Phi) is 5.74. The molecule has 5 nitrogen and oxygen atoms in total. The fourth-order valence-corrected chi connectivity index (χ4v) is 3.64. The third-order valence-electron chi connectivity index (χ3n) is 4.66. The van der Waals surface area contributed by atoms with Gasteiger partial charge in [-0.25, -0.2) is 9.98 Å². The normalized spacial score (nSPS) is 15.8. The Balaban J connectivity index is 1.61. The summed E-state index contributed by atoms with van der Waals surface area (Å²) in [7, 11) is 0. The van der Waals surface area contributed by atoms with Gasteiger partial charge in [-0.3, -0.25) is 4.90 Å². The molecule has 0 amide bonds. The van der Waals surface area contributed by atoms with Gasteiger partial charge in [0.15, 0.2) is 0 Å². The van der Waals surface area contributed by atoms with Crippen molar-refractivity contribution in [3.8, 4) is 0 Å². The molecule has 1 aromatic heterocycles. The van der Waals surface area contributed by atoms with E-state index in [9.17, 15) is 0 Å². The fraction of sp³-hybridized carbons (Fsp3) is 0.300. The molecule has 7 heteroatoms. The number of para-hydroxylation sites is 2. The Morgan fingerprint density at radius 3 is 2.70 bits per heavy atom. The van der Waals surface area contributed by atoms with Crippen molar-refractivity contribution in [1.82, 2.24) is 14.5 Å². The number of morpholine rings is 1. The number of aliphatic imine (C=N–C) groups is 1. The smallest absolute Gasteiger partial charge is 0.230 e. The standard InChI is InChI=1S/C20H20Cl2N4O/c21-16-6-5-15(17(22)13-16)14-23-20-24-18-3-1-2-4-19(18)26(20)8-7-25-9-11-27-12-10-25/h1-6,13-14H,7-12H2/b23-14+. The first-order valence-corrected chi connectivity index (χ1v) is 9.71. The van der Waals surface area contributed by atoms with E-state index < -0.39 is 0 Å². The van der Waals surface area contributed by atoms with E-state index in [1.54, 1.807) is 18.3 Å². The first kappa shape index (κ1) is 18.4. The Morgan fingerprint density at radius 2 is 1.89 bits per heavy atom. The zero-order valence-corrected chi connectivity index (χ0v) is 16.3. The highest BCUT2D eigenvalue weighted by Crippen LogP contribution is 2.23. The number of hydrogen-bond donors (Lipinski definition) is 0. The molecule has 1 aliphatic rings. The predicted octanol–water partition coefficient (Wildman–Crippen LogP) is 4.43. The van der Waals surface area contributed by atoms with Crippen LogP contribution in [0, 0.1) is 0 Å². The monoisotopic (exact) mass is 402 g/mol. The highest BCUT2D eigenvalue weighted by atomic mass is 35.5. The van der Waals surface area contributed by atoms with Gasteiger partial charge in [0.2, 0.25) is 5.95 Å². The Bertz CT molecular complexity index is 964. The summed E-state index contributed by atoms with van der Waals surface area (Å²) in [6.45, 7) is 5.28. The molecule has 0 bridgehead atoms. The van der Waals surface area contributed by atoms with E-state index in [1.165, 1.54) is 0 Å². The van der Waals surface area contributed by atoms with Crippen LogP contribution in [0.15, 0.2) is 47.5 Å². The summed E-state index contributed by atoms with van der Waals surface area (Å²) >= 11 is 12.2. The molecule has 0 atom stereocenters. The Morgan fingerprint density at radius 1 is 1.07 bits per heavy atom. The number of fused-ring (bicyclic) bond motifs is 1. The van der Waals surface area contributed by atoms with E-state index in [4.69, 9.17) is 32.9 Å². The van der Waals surface area contributed by atoms with Gasteiger partial charge in [0.05, 0.1) is 29.3 Å². The van der Waals surface area contributed by atoms with Crippen LogP contribution < -0.4 is 0 Å². The van der Waals surface area contributed by atoms with Gasteiger partial charge in [0, 0.05) is 43.0 Å². The number of imidazole rings is 1. The van der Waals surface area contributed by atoms with Crippen LogP contribution in [0.4, 0.5) is 5.95 Å². The lowest BCUT2D eigenvalue weighted by atomic mass is 10.2. The molecule has 0 spiro atoms. The molecule has 3 aromatic rings. The maximum Gasteiger partial charge on any atom is 0.230 e. The van der Waals surface area contributed by atoms with Crippen molar-refractivity contribution in [3.63, 3.8) is 0 Å². The van der Waals surface area contributed by atoms with Crippen LogP contribution >= 0.6 is 23.2 Å². The first-order valence-electron chi connectivity index (χ1n) is 8.95. The second kappa shape index (κ2) is 8.40. The third kappa shape index (κ3) is 4.33. The third-order valence-corrected chi connectivity index (χ3v) is 5.22. The summed E-state index contributed by atoms with van der Waals surface area (Å²) in [5.41, 5.74) is 2.83. The van der Waals surface area contributed by atoms with Gasteiger partial charge in [-0.15, -0.1) is 0 Å². The van der Waals surface area contributed by atoms with E-state index in [-0.39, 0.29) is 0 Å². The second-order valence-corrected chi connectivity index (χ2v) is 7.27. The van der Waals surface area contributed by atoms with Crippen LogP contribution in [-0.2, 0) is 11.3 Å². The van der Waals surface area contributed by atoms with E-state index in [0.717, 1.165) is 56.0 Å². The number of benzene rings is 2. The molecule has 1 fully saturated rings. The lowest BCUT2D eigenvalue weighted by molar-refractivity contribution is 0.0366. The predicted molar refractivity (Wildman–Crippen MR) is 111 cm³/mol. The Hall–Kier alpha value is -1.92. The van der Waals surface area contributed by atoms with E-state index in [1.807, 2.05) is 24.3 Å². The summed E-state index contributed by atoms with van der Waals surface area (Å²) in [6.07, 6.45) is 1.74. The number of rotatable bonds is 5. The number of halogens is 2. The average Bonchev–Trinajstić information content (AvgIpc) is 3.04. The SMILES string of the molecule is Clc1ccc(/C=N/c2nc3ccccc3n2CCN2CCOCC2)c(Cl)c1. The Labute approximate surface area is 168 Å². The summed E-state index contributed by atoms with van der Waals surface area (Å²) in [5.74, 6) is 0.676. The minimum Gasteiger partial charge on any atom is -0.379 e. The van der Waals surface area contributed by atoms with Crippen LogP contribution in [0.5, 0.6) is 0 Å². The highest BCUT2D eigenvalue weighted by molar-refractivity contribution is 6.36. The molecule has 2 heterocycles. The molecule has 0 aliphatic carbocycles. The maximum absolute atomic E-state index is 6.26. The first-order chi connectivity index (χ1) is 13.2. The average molecular weight is 403 g/mol. The van der Waals surface area contributed by atoms with Gasteiger partial charge >= 0.3 is 0 Å². The van der Waals surface area contributed by atoms with Gasteiger partial charge in [0.1, 0.15) is 0 Å². The van der Waals surface area contributed by atoms with Crippen LogP contribution in [0.2, 0.25) is 10.0 Å². The molecular formula is C20H20Cl2N4O. The zero-order valence-electron chi connectivity index (χ0n) is 14.8. The molecule has 140 valence electrons. The van der Waals surface area contributed by atoms with E-state index >= 15 is 0 Å². The van der Waals surface area contributed by atoms with Crippen molar-refractivity contribution in [2.45, 2.75) is 6.54 Å². The number of aromatic nitrogens is 2. The summed E-state index contributed by atoms with van der Waals surface area (Å²) < 4.78 is 7.59. The zero-order chi connectivity index (χ0) is 18.6. The highest BCUT2D eigenvalue weighted by Gasteiger charge is 2.13. The molecule has 27 heavy (non-hydrogen) atoms. The molecule has 0 N–H and O–H groups in total. The van der Waals surface area contributed by atoms with Crippen molar-refractivity contribution in [1.29, 1.82) is 0 Å². The molecular weight excluding hydrogens is 383 g/mol. The van der Waals surface area contributed by atoms with E-state index in [0.29, 0.717) is 16.0 Å². The van der Waals surface area contributed by atoms with Crippen molar-refractivity contribution in [3.05, 3.63) is 58.1 Å². The quantitative estimate of drug-likeness (QED) is 0.592. The van der Waals surface area contributed by atoms with Crippen LogP contribution in [-0.4, -0.2) is 53.5 Å². The number of nitrogens with zero attached hydrogens (tertiary/aromatic N) is 4. The van der Waals surface area contributed by atoms with Gasteiger partial charge in [-0.1, -0.05) is 41.4 Å². The van der Waals surface area contributed by atoms with E-state index in [2.05, 4.69) is 20.5 Å². The van der Waals surface area contributed by atoms with Crippen LogP contribution in [0.25, 0.3) is 11.0 Å². The fourth-order valence-electron chi connectivity index (χ4n) is 3.18. The minimum absolute atomic E-state index is 0.572. The summed E-state index contributed by atoms with van der Waals surface area (Å²) in [6, 6.07) is 13.5. The van der Waals surface area contributed by atoms with Crippen molar-refractivity contribution in [2.24, 2.45) is 4.99 Å². The molecule has 1 aliphatic heterocycles. The van der Waals surface area contributed by atoms with Crippen molar-refractivity contribution < 1.29 is 4.74 Å². The molecule has 2 aromatic carbocycles. The minimum atomic E-state index is 0.572. The molecule has 1 saturated heterocycles. The van der Waals surface area contributed by atoms with Gasteiger partial charge in [-0.05, 0) is 24.3 Å². The molecule has 0 saturated carbocycles. The van der Waals surface area contributed by atoms with Gasteiger partial charge in [0.25, 0.3) is 0 Å². The molecule has 0 unspecified atom stereocenters. The second-order valence-electron chi connectivity index (χ2n) is 6.43. The lowest BCUT2D eigenvalue weighted by Gasteiger charge is -2.26.